The molecule has 2 heterocycles. The van der Waals surface area contributed by atoms with Gasteiger partial charge in [0.2, 0.25) is 5.91 Å². The number of methoxy groups -OCH3 is 1. The van der Waals surface area contributed by atoms with E-state index < -0.39 is 0 Å². The third-order valence-electron chi connectivity index (χ3n) is 6.67. The highest BCUT2D eigenvalue weighted by molar-refractivity contribution is 6.00. The average Bonchev–Trinajstić information content (AvgIpc) is 3.50. The summed E-state index contributed by atoms with van der Waals surface area (Å²) in [5, 5.41) is 10.1. The zero-order valence-corrected chi connectivity index (χ0v) is 18.8. The first-order chi connectivity index (χ1) is 15.6. The lowest BCUT2D eigenvalue weighted by Gasteiger charge is -2.33. The summed E-state index contributed by atoms with van der Waals surface area (Å²) in [5.74, 6) is 2.27. The van der Waals surface area contributed by atoms with Crippen LogP contribution in [0, 0.1) is 5.92 Å². The summed E-state index contributed by atoms with van der Waals surface area (Å²) >= 11 is 0. The summed E-state index contributed by atoms with van der Waals surface area (Å²) in [6.07, 6.45) is 10.3. The molecule has 3 amide bonds. The van der Waals surface area contributed by atoms with E-state index in [-0.39, 0.29) is 18.0 Å². The van der Waals surface area contributed by atoms with E-state index in [1.165, 1.54) is 25.7 Å². The molecule has 1 saturated heterocycles. The number of likely N-dealkylation sites (tertiary alicyclic amines) is 1. The molecular formula is C24H33N5O3. The van der Waals surface area contributed by atoms with E-state index in [1.54, 1.807) is 31.5 Å². The molecule has 0 atom stereocenters. The zero-order valence-electron chi connectivity index (χ0n) is 18.8. The average molecular weight is 440 g/mol. The van der Waals surface area contributed by atoms with E-state index in [0.717, 1.165) is 38.3 Å². The van der Waals surface area contributed by atoms with Crippen LogP contribution in [-0.2, 0) is 4.79 Å². The number of piperidine rings is 1. The molecule has 8 nitrogen and oxygen atoms in total. The van der Waals surface area contributed by atoms with Crippen LogP contribution in [0.2, 0.25) is 0 Å². The van der Waals surface area contributed by atoms with Gasteiger partial charge in [0.15, 0.2) is 0 Å². The van der Waals surface area contributed by atoms with E-state index in [1.807, 2.05) is 21.7 Å². The number of carbonyl (C=O) groups is 2. The van der Waals surface area contributed by atoms with Gasteiger partial charge in [0, 0.05) is 25.6 Å². The first-order valence-corrected chi connectivity index (χ1v) is 11.7. The highest BCUT2D eigenvalue weighted by Gasteiger charge is 2.26. The van der Waals surface area contributed by atoms with Gasteiger partial charge >= 0.3 is 6.03 Å². The fraction of sp³-hybridized carbons (Fsp3) is 0.542. The predicted octanol–water partition coefficient (Wildman–Crippen LogP) is 4.67. The number of amides is 3. The Kier molecular flexibility index (Phi) is 7.29. The van der Waals surface area contributed by atoms with Crippen LogP contribution >= 0.6 is 0 Å². The number of hydrogen-bond acceptors (Lipinski definition) is 4. The number of anilines is 2. The maximum absolute atomic E-state index is 12.6. The quantitative estimate of drug-likeness (QED) is 0.656. The minimum absolute atomic E-state index is 0.158. The molecule has 1 aliphatic carbocycles. The largest absolute Gasteiger partial charge is 0.495 e. The molecule has 0 bridgehead atoms. The molecular weight excluding hydrogens is 406 g/mol. The summed E-state index contributed by atoms with van der Waals surface area (Å²) in [7, 11) is 1.57. The molecule has 0 radical (unpaired) electrons. The molecule has 2 fully saturated rings. The predicted molar refractivity (Wildman–Crippen MR) is 124 cm³/mol. The molecule has 172 valence electrons. The number of carbonyl (C=O) groups excluding carboxylic acids is 2. The van der Waals surface area contributed by atoms with Gasteiger partial charge in [-0.3, -0.25) is 10.1 Å². The topological polar surface area (TPSA) is 88.5 Å². The maximum Gasteiger partial charge on any atom is 0.324 e. The van der Waals surface area contributed by atoms with Gasteiger partial charge in [-0.1, -0.05) is 37.8 Å². The van der Waals surface area contributed by atoms with Crippen molar-refractivity contribution in [3.8, 4) is 5.75 Å². The van der Waals surface area contributed by atoms with E-state index in [9.17, 15) is 9.59 Å². The molecule has 4 rings (SSSR count). The van der Waals surface area contributed by atoms with E-state index in [2.05, 4.69) is 15.7 Å². The monoisotopic (exact) mass is 439 g/mol. The number of nitrogens with zero attached hydrogens (tertiary/aromatic N) is 3. The van der Waals surface area contributed by atoms with Gasteiger partial charge in [0.05, 0.1) is 25.0 Å². The molecule has 2 aliphatic rings. The lowest BCUT2D eigenvalue weighted by Crippen LogP contribution is -2.39. The lowest BCUT2D eigenvalue weighted by molar-refractivity contribution is -0.132. The van der Waals surface area contributed by atoms with Crippen LogP contribution in [0.15, 0.2) is 36.5 Å². The minimum atomic E-state index is -0.351. The Hall–Kier alpha value is -3.03. The van der Waals surface area contributed by atoms with Crippen molar-refractivity contribution < 1.29 is 14.3 Å². The second-order valence-corrected chi connectivity index (χ2v) is 8.74. The van der Waals surface area contributed by atoms with E-state index >= 15 is 0 Å². The number of ether oxygens (including phenoxy) is 1. The van der Waals surface area contributed by atoms with Crippen molar-refractivity contribution in [1.82, 2.24) is 14.7 Å². The second-order valence-electron chi connectivity index (χ2n) is 8.74. The van der Waals surface area contributed by atoms with Crippen molar-refractivity contribution in [3.05, 3.63) is 36.5 Å². The second kappa shape index (κ2) is 10.5. The highest BCUT2D eigenvalue weighted by Crippen LogP contribution is 2.30. The zero-order chi connectivity index (χ0) is 22.3. The van der Waals surface area contributed by atoms with Crippen LogP contribution in [-0.4, -0.2) is 46.8 Å². The van der Waals surface area contributed by atoms with Crippen molar-refractivity contribution in [2.45, 2.75) is 57.4 Å². The van der Waals surface area contributed by atoms with Crippen LogP contribution in [0.25, 0.3) is 0 Å². The normalized spacial score (nSPS) is 17.3. The molecule has 1 aromatic carbocycles. The van der Waals surface area contributed by atoms with Gasteiger partial charge in [-0.25, -0.2) is 9.48 Å². The fourth-order valence-electron chi connectivity index (χ4n) is 4.87. The molecule has 1 aliphatic heterocycles. The number of aromatic nitrogens is 2. The Morgan fingerprint density at radius 2 is 1.81 bits per heavy atom. The SMILES string of the molecule is COc1ccccc1NC(=O)Nc1ccnn1C1CCN(C(=O)CCC2CCCC2)CC1. The number of urea groups is 1. The van der Waals surface area contributed by atoms with Gasteiger partial charge in [0.25, 0.3) is 0 Å². The van der Waals surface area contributed by atoms with Crippen LogP contribution in [0.4, 0.5) is 16.3 Å². The van der Waals surface area contributed by atoms with Crippen molar-refractivity contribution in [3.63, 3.8) is 0 Å². The lowest BCUT2D eigenvalue weighted by atomic mass is 10.00. The van der Waals surface area contributed by atoms with Crippen LogP contribution < -0.4 is 15.4 Å². The fourth-order valence-corrected chi connectivity index (χ4v) is 4.87. The van der Waals surface area contributed by atoms with Crippen molar-refractivity contribution >= 4 is 23.4 Å². The van der Waals surface area contributed by atoms with Crippen LogP contribution in [0.1, 0.15) is 57.4 Å². The van der Waals surface area contributed by atoms with Gasteiger partial charge in [-0.15, -0.1) is 0 Å². The van der Waals surface area contributed by atoms with Crippen molar-refractivity contribution in [2.75, 3.05) is 30.8 Å². The molecule has 1 saturated carbocycles. The van der Waals surface area contributed by atoms with E-state index in [0.29, 0.717) is 23.7 Å². The summed E-state index contributed by atoms with van der Waals surface area (Å²) in [5.41, 5.74) is 0.600. The number of para-hydroxylation sites is 2. The number of benzene rings is 1. The number of nitrogens with one attached hydrogen (secondary N) is 2. The van der Waals surface area contributed by atoms with Crippen molar-refractivity contribution in [1.29, 1.82) is 0 Å². The smallest absolute Gasteiger partial charge is 0.324 e. The number of hydrogen-bond donors (Lipinski definition) is 2. The van der Waals surface area contributed by atoms with Crippen molar-refractivity contribution in [2.24, 2.45) is 5.92 Å². The third kappa shape index (κ3) is 5.41. The molecule has 1 aromatic heterocycles. The molecule has 0 spiro atoms. The third-order valence-corrected chi connectivity index (χ3v) is 6.67. The minimum Gasteiger partial charge on any atom is -0.495 e. The molecule has 32 heavy (non-hydrogen) atoms. The molecule has 2 N–H and O–H groups in total. The standard InChI is InChI=1S/C24H33N5O3/c1-32-21-9-5-4-8-20(21)26-24(31)27-22-12-15-25-29(22)19-13-16-28(17-14-19)23(30)11-10-18-6-2-3-7-18/h4-5,8-9,12,15,18-19H,2-3,6-7,10-11,13-14,16-17H2,1H3,(H2,26,27,31). The van der Waals surface area contributed by atoms with Crippen LogP contribution in [0.3, 0.4) is 0 Å². The Balaban J connectivity index is 1.28. The van der Waals surface area contributed by atoms with Crippen LogP contribution in [0.5, 0.6) is 5.75 Å². The Morgan fingerprint density at radius 3 is 2.56 bits per heavy atom. The van der Waals surface area contributed by atoms with E-state index in [4.69, 9.17) is 4.74 Å². The summed E-state index contributed by atoms with van der Waals surface area (Å²) in [4.78, 5) is 27.1. The Bertz CT molecular complexity index is 914. The van der Waals surface area contributed by atoms with Gasteiger partial charge < -0.3 is 15.0 Å². The Morgan fingerprint density at radius 1 is 1.06 bits per heavy atom. The summed E-state index contributed by atoms with van der Waals surface area (Å²) < 4.78 is 7.15. The number of rotatable bonds is 7. The first-order valence-electron chi connectivity index (χ1n) is 11.7. The Labute approximate surface area is 189 Å². The van der Waals surface area contributed by atoms with Gasteiger partial charge in [-0.2, -0.15) is 5.10 Å². The summed E-state index contributed by atoms with van der Waals surface area (Å²) in [6, 6.07) is 8.87. The highest BCUT2D eigenvalue weighted by atomic mass is 16.5. The molecule has 2 aromatic rings. The molecule has 8 heteroatoms. The molecule has 0 unspecified atom stereocenters. The first kappa shape index (κ1) is 22.2. The maximum atomic E-state index is 12.6. The van der Waals surface area contributed by atoms with Gasteiger partial charge in [0.1, 0.15) is 11.6 Å². The summed E-state index contributed by atoms with van der Waals surface area (Å²) in [6.45, 7) is 1.47. The van der Waals surface area contributed by atoms with Gasteiger partial charge in [-0.05, 0) is 37.3 Å².